The smallest absolute Gasteiger partial charge is 0.336 e. The van der Waals surface area contributed by atoms with Crippen LogP contribution in [0.3, 0.4) is 0 Å². The number of allylic oxidation sites excluding steroid dienone is 3. The fourth-order valence-electron chi connectivity index (χ4n) is 3.66. The number of dihydropyridines is 1. The third kappa shape index (κ3) is 4.49. The van der Waals surface area contributed by atoms with Gasteiger partial charge in [0.1, 0.15) is 6.61 Å². The molecule has 4 nitrogen and oxygen atoms in total. The molecule has 1 aromatic rings. The third-order valence-electron chi connectivity index (χ3n) is 4.86. The van der Waals surface area contributed by atoms with Crippen molar-refractivity contribution in [2.45, 2.75) is 39.0 Å². The number of carbonyl (C=O) groups excluding carboxylic acids is 2. The molecule has 1 N–H and O–H groups in total. The number of carbonyl (C=O) groups is 2. The number of hydrogen-bond acceptors (Lipinski definition) is 5. The van der Waals surface area contributed by atoms with Gasteiger partial charge < -0.3 is 10.1 Å². The molecule has 0 radical (unpaired) electrons. The van der Waals surface area contributed by atoms with Crippen molar-refractivity contribution < 1.29 is 14.3 Å². The number of Topliss-reactive ketones (excluding diaryl/α,β-unsaturated/α-hetero) is 1. The molecule has 144 valence electrons. The van der Waals surface area contributed by atoms with Crippen molar-refractivity contribution in [1.29, 1.82) is 0 Å². The van der Waals surface area contributed by atoms with Crippen molar-refractivity contribution in [3.05, 3.63) is 56.8 Å². The highest BCUT2D eigenvalue weighted by atomic mass is 79.9. The highest BCUT2D eigenvalue weighted by Crippen LogP contribution is 2.42. The van der Waals surface area contributed by atoms with Crippen LogP contribution in [-0.2, 0) is 14.3 Å². The second-order valence-electron chi connectivity index (χ2n) is 6.65. The van der Waals surface area contributed by atoms with E-state index in [-0.39, 0.29) is 17.7 Å². The summed E-state index contributed by atoms with van der Waals surface area (Å²) in [5.74, 6) is 1.18. The normalized spacial score (nSPS) is 19.7. The van der Waals surface area contributed by atoms with Crippen LogP contribution in [-0.4, -0.2) is 29.9 Å². The fourth-order valence-corrected chi connectivity index (χ4v) is 4.41. The number of esters is 1. The minimum atomic E-state index is -0.367. The molecule has 1 heterocycles. The van der Waals surface area contributed by atoms with Crippen LogP contribution < -0.4 is 5.32 Å². The van der Waals surface area contributed by atoms with Crippen LogP contribution in [0.1, 0.15) is 44.6 Å². The second-order valence-corrected chi connectivity index (χ2v) is 8.96. The molecular weight excluding hydrogens is 426 g/mol. The van der Waals surface area contributed by atoms with Crippen molar-refractivity contribution in [2.24, 2.45) is 0 Å². The number of nitrogens with one attached hydrogen (secondary N) is 1. The van der Waals surface area contributed by atoms with Crippen molar-refractivity contribution in [2.75, 3.05) is 18.1 Å². The monoisotopic (exact) mass is 449 g/mol. The fraction of sp³-hybridized carbons (Fsp3) is 0.429. The van der Waals surface area contributed by atoms with E-state index >= 15 is 0 Å². The first-order valence-electron chi connectivity index (χ1n) is 9.27. The lowest BCUT2D eigenvalue weighted by Crippen LogP contribution is -2.34. The SMILES string of the molecule is CCSCCOC(=O)C1=C(C)NC2=C(C(=O)CCC2)C1c1ccc(Br)cc1. The summed E-state index contributed by atoms with van der Waals surface area (Å²) in [6.45, 7) is 4.35. The van der Waals surface area contributed by atoms with E-state index in [9.17, 15) is 9.59 Å². The summed E-state index contributed by atoms with van der Waals surface area (Å²) in [5.41, 5.74) is 3.95. The third-order valence-corrected chi connectivity index (χ3v) is 6.26. The summed E-state index contributed by atoms with van der Waals surface area (Å²) in [7, 11) is 0. The standard InChI is InChI=1S/C21H24BrNO3S/c1-3-27-12-11-26-21(25)18-13(2)23-16-5-4-6-17(24)20(16)19(18)14-7-9-15(22)10-8-14/h7-10,19,23H,3-6,11-12H2,1-2H3. The van der Waals surface area contributed by atoms with Gasteiger partial charge in [-0.15, -0.1) is 0 Å². The van der Waals surface area contributed by atoms with Gasteiger partial charge in [0.05, 0.1) is 5.57 Å². The Balaban J connectivity index is 1.97. The first-order valence-corrected chi connectivity index (χ1v) is 11.2. The van der Waals surface area contributed by atoms with Gasteiger partial charge in [-0.2, -0.15) is 11.8 Å². The highest BCUT2D eigenvalue weighted by Gasteiger charge is 2.38. The molecule has 3 rings (SSSR count). The first kappa shape index (κ1) is 20.2. The number of thioether (sulfide) groups is 1. The predicted molar refractivity (Wildman–Crippen MR) is 113 cm³/mol. The summed E-state index contributed by atoms with van der Waals surface area (Å²) in [4.78, 5) is 25.7. The molecule has 1 aromatic carbocycles. The van der Waals surface area contributed by atoms with Crippen LogP contribution in [0.2, 0.25) is 0 Å². The number of halogens is 1. The van der Waals surface area contributed by atoms with Gasteiger partial charge >= 0.3 is 5.97 Å². The van der Waals surface area contributed by atoms with E-state index in [1.165, 1.54) is 0 Å². The Kier molecular flexibility index (Phi) is 6.82. The molecule has 27 heavy (non-hydrogen) atoms. The van der Waals surface area contributed by atoms with Crippen molar-refractivity contribution in [3.63, 3.8) is 0 Å². The molecule has 1 atom stereocenters. The van der Waals surface area contributed by atoms with Gasteiger partial charge in [0.25, 0.3) is 0 Å². The molecule has 0 saturated heterocycles. The van der Waals surface area contributed by atoms with Crippen LogP contribution in [0.15, 0.2) is 51.3 Å². The van der Waals surface area contributed by atoms with Crippen molar-refractivity contribution >= 4 is 39.4 Å². The van der Waals surface area contributed by atoms with E-state index in [4.69, 9.17) is 4.74 Å². The van der Waals surface area contributed by atoms with Gasteiger partial charge in [-0.1, -0.05) is 35.0 Å². The number of benzene rings is 1. The zero-order valence-electron chi connectivity index (χ0n) is 15.6. The van der Waals surface area contributed by atoms with Crippen molar-refractivity contribution in [1.82, 2.24) is 5.32 Å². The van der Waals surface area contributed by atoms with E-state index < -0.39 is 0 Å². The highest BCUT2D eigenvalue weighted by molar-refractivity contribution is 9.10. The lowest BCUT2D eigenvalue weighted by atomic mass is 9.75. The summed E-state index contributed by atoms with van der Waals surface area (Å²) in [6, 6.07) is 7.84. The van der Waals surface area contributed by atoms with E-state index in [0.29, 0.717) is 18.6 Å². The summed E-state index contributed by atoms with van der Waals surface area (Å²) >= 11 is 5.20. The summed E-state index contributed by atoms with van der Waals surface area (Å²) in [6.07, 6.45) is 2.21. The first-order chi connectivity index (χ1) is 13.0. The van der Waals surface area contributed by atoms with Crippen LogP contribution in [0.4, 0.5) is 0 Å². The largest absolute Gasteiger partial charge is 0.461 e. The lowest BCUT2D eigenvalue weighted by Gasteiger charge is -2.34. The van der Waals surface area contributed by atoms with Crippen LogP contribution in [0.25, 0.3) is 0 Å². The molecule has 6 heteroatoms. The number of ketones is 1. The van der Waals surface area contributed by atoms with Gasteiger partial charge in [0.15, 0.2) is 5.78 Å². The van der Waals surface area contributed by atoms with Crippen molar-refractivity contribution in [3.8, 4) is 0 Å². The minimum absolute atomic E-state index is 0.121. The van der Waals surface area contributed by atoms with E-state index in [1.807, 2.05) is 31.2 Å². The summed E-state index contributed by atoms with van der Waals surface area (Å²) < 4.78 is 6.51. The second kappa shape index (κ2) is 9.11. The molecule has 0 spiro atoms. The number of rotatable bonds is 6. The maximum absolute atomic E-state index is 12.9. The Labute approximate surface area is 172 Å². The van der Waals surface area contributed by atoms with Gasteiger partial charge in [-0.05, 0) is 43.2 Å². The molecule has 0 aromatic heterocycles. The summed E-state index contributed by atoms with van der Waals surface area (Å²) in [5, 5.41) is 3.32. The molecule has 1 aliphatic carbocycles. The topological polar surface area (TPSA) is 55.4 Å². The Bertz CT molecular complexity index is 798. The zero-order chi connectivity index (χ0) is 19.4. The Morgan fingerprint density at radius 2 is 2.04 bits per heavy atom. The van der Waals surface area contributed by atoms with Gasteiger partial charge in [-0.25, -0.2) is 4.79 Å². The maximum Gasteiger partial charge on any atom is 0.336 e. The van der Waals surface area contributed by atoms with Crippen LogP contribution >= 0.6 is 27.7 Å². The zero-order valence-corrected chi connectivity index (χ0v) is 18.0. The Morgan fingerprint density at radius 1 is 1.30 bits per heavy atom. The average Bonchev–Trinajstić information content (AvgIpc) is 2.65. The van der Waals surface area contributed by atoms with Crippen LogP contribution in [0, 0.1) is 0 Å². The minimum Gasteiger partial charge on any atom is -0.461 e. The molecular formula is C21H24BrNO3S. The Hall–Kier alpha value is -1.53. The van der Waals surface area contributed by atoms with Gasteiger partial charge in [-0.3, -0.25) is 4.79 Å². The van der Waals surface area contributed by atoms with E-state index in [0.717, 1.165) is 51.4 Å². The molecule has 0 fully saturated rings. The maximum atomic E-state index is 12.9. The lowest BCUT2D eigenvalue weighted by molar-refractivity contribution is -0.138. The molecule has 2 aliphatic rings. The van der Waals surface area contributed by atoms with Gasteiger partial charge in [0, 0.05) is 39.5 Å². The van der Waals surface area contributed by atoms with E-state index in [1.54, 1.807) is 11.8 Å². The molecule has 0 bridgehead atoms. The van der Waals surface area contributed by atoms with Gasteiger partial charge in [0.2, 0.25) is 0 Å². The number of hydrogen-bond donors (Lipinski definition) is 1. The molecule has 1 unspecified atom stereocenters. The Morgan fingerprint density at radius 3 is 2.74 bits per heavy atom. The molecule has 0 saturated carbocycles. The molecule has 1 aliphatic heterocycles. The van der Waals surface area contributed by atoms with E-state index in [2.05, 4.69) is 28.2 Å². The quantitative estimate of drug-likeness (QED) is 0.503. The van der Waals surface area contributed by atoms with Crippen LogP contribution in [0.5, 0.6) is 0 Å². The number of ether oxygens (including phenoxy) is 1. The predicted octanol–water partition coefficient (Wildman–Crippen LogP) is 4.71. The molecule has 0 amide bonds. The average molecular weight is 450 g/mol.